The summed E-state index contributed by atoms with van der Waals surface area (Å²) in [5.41, 5.74) is 2.43. The zero-order valence-electron chi connectivity index (χ0n) is 8.54. The van der Waals surface area contributed by atoms with E-state index >= 15 is 0 Å². The van der Waals surface area contributed by atoms with Gasteiger partial charge in [0.15, 0.2) is 0 Å². The summed E-state index contributed by atoms with van der Waals surface area (Å²) in [6.45, 7) is 6.07. The smallest absolute Gasteiger partial charge is 0.0116 e. The average Bonchev–Trinajstić information content (AvgIpc) is 2.20. The van der Waals surface area contributed by atoms with Crippen molar-refractivity contribution >= 4 is 6.08 Å². The van der Waals surface area contributed by atoms with Crippen molar-refractivity contribution in [1.29, 1.82) is 0 Å². The Bertz CT molecular complexity index is 300. The molecule has 68 valence electrons. The Morgan fingerprint density at radius 3 is 2.38 bits per heavy atom. The van der Waals surface area contributed by atoms with Crippen molar-refractivity contribution < 1.29 is 0 Å². The molecule has 0 bridgehead atoms. The molecule has 0 nitrogen and oxygen atoms in total. The van der Waals surface area contributed by atoms with Crippen molar-refractivity contribution in [1.82, 2.24) is 0 Å². The predicted molar refractivity (Wildman–Crippen MR) is 60.4 cm³/mol. The molecular formula is C13H16. The molecule has 13 heavy (non-hydrogen) atoms. The van der Waals surface area contributed by atoms with Crippen molar-refractivity contribution in [3.63, 3.8) is 0 Å². The Morgan fingerprint density at radius 2 is 1.85 bits per heavy atom. The molecule has 1 aromatic carbocycles. The van der Waals surface area contributed by atoms with E-state index in [0.29, 0.717) is 0 Å². The SMILES string of the molecule is C#C/C=C\c1ccccc1C.CC. The molecule has 0 radical (unpaired) electrons. The quantitative estimate of drug-likeness (QED) is 0.567. The molecule has 0 unspecified atom stereocenters. The first-order valence-electron chi connectivity index (χ1n) is 4.53. The average molecular weight is 172 g/mol. The molecule has 0 fully saturated rings. The monoisotopic (exact) mass is 172 g/mol. The number of allylic oxidation sites excluding steroid dienone is 1. The van der Waals surface area contributed by atoms with E-state index in [-0.39, 0.29) is 0 Å². The second-order valence-corrected chi connectivity index (χ2v) is 2.36. The fraction of sp³-hybridized carbons (Fsp3) is 0.231. The third-order valence-corrected chi connectivity index (χ3v) is 1.55. The van der Waals surface area contributed by atoms with Crippen LogP contribution in [0.3, 0.4) is 0 Å². The lowest BCUT2D eigenvalue weighted by Gasteiger charge is -1.96. The van der Waals surface area contributed by atoms with Gasteiger partial charge >= 0.3 is 0 Å². The summed E-state index contributed by atoms with van der Waals surface area (Å²) >= 11 is 0. The summed E-state index contributed by atoms with van der Waals surface area (Å²) in [5.74, 6) is 2.46. The molecule has 0 aliphatic heterocycles. The highest BCUT2D eigenvalue weighted by Gasteiger charge is 1.88. The molecule has 0 aliphatic rings. The molecule has 0 heteroatoms. The molecule has 0 heterocycles. The lowest BCUT2D eigenvalue weighted by Crippen LogP contribution is -1.76. The minimum absolute atomic E-state index is 1.19. The molecule has 0 aromatic heterocycles. The Morgan fingerprint density at radius 1 is 1.23 bits per heavy atom. The highest BCUT2D eigenvalue weighted by atomic mass is 13.9. The van der Waals surface area contributed by atoms with Crippen LogP contribution in [-0.4, -0.2) is 0 Å². The maximum Gasteiger partial charge on any atom is -0.0116 e. The number of rotatable bonds is 1. The molecule has 1 rings (SSSR count). The van der Waals surface area contributed by atoms with Crippen molar-refractivity contribution in [2.45, 2.75) is 20.8 Å². The maximum atomic E-state index is 5.09. The van der Waals surface area contributed by atoms with Crippen LogP contribution >= 0.6 is 0 Å². The lowest BCUT2D eigenvalue weighted by molar-refractivity contribution is 1.44. The standard InChI is InChI=1S/C11H10.C2H6/c1-3-4-8-11-9-6-5-7-10(11)2;1-2/h1,4-9H,2H3;1-2H3/b8-4-;. The highest BCUT2D eigenvalue weighted by molar-refractivity contribution is 5.55. The van der Waals surface area contributed by atoms with Crippen LogP contribution in [0.5, 0.6) is 0 Å². The summed E-state index contributed by atoms with van der Waals surface area (Å²) in [7, 11) is 0. The van der Waals surface area contributed by atoms with E-state index in [1.807, 2.05) is 38.1 Å². The number of terminal acetylenes is 1. The van der Waals surface area contributed by atoms with Crippen LogP contribution in [-0.2, 0) is 0 Å². The molecular weight excluding hydrogens is 156 g/mol. The molecule has 0 N–H and O–H groups in total. The van der Waals surface area contributed by atoms with Crippen molar-refractivity contribution in [2.75, 3.05) is 0 Å². The van der Waals surface area contributed by atoms with Crippen molar-refractivity contribution in [3.05, 3.63) is 41.5 Å². The molecule has 1 aromatic rings. The Labute approximate surface area is 81.3 Å². The van der Waals surface area contributed by atoms with E-state index in [2.05, 4.69) is 18.9 Å². The second-order valence-electron chi connectivity index (χ2n) is 2.36. The first-order valence-corrected chi connectivity index (χ1v) is 4.53. The first kappa shape index (κ1) is 11.5. The molecule has 0 atom stereocenters. The highest BCUT2D eigenvalue weighted by Crippen LogP contribution is 2.07. The van der Waals surface area contributed by atoms with Gasteiger partial charge in [-0.25, -0.2) is 0 Å². The fourth-order valence-electron chi connectivity index (χ4n) is 0.912. The Hall–Kier alpha value is -1.48. The summed E-state index contributed by atoms with van der Waals surface area (Å²) in [6.07, 6.45) is 8.74. The van der Waals surface area contributed by atoms with Crippen LogP contribution in [0.4, 0.5) is 0 Å². The predicted octanol–water partition coefficient (Wildman–Crippen LogP) is 3.67. The van der Waals surface area contributed by atoms with Gasteiger partial charge in [-0.2, -0.15) is 0 Å². The van der Waals surface area contributed by atoms with Crippen LogP contribution in [0, 0.1) is 19.3 Å². The fourth-order valence-corrected chi connectivity index (χ4v) is 0.912. The minimum atomic E-state index is 1.19. The van der Waals surface area contributed by atoms with Crippen molar-refractivity contribution in [3.8, 4) is 12.3 Å². The van der Waals surface area contributed by atoms with Crippen LogP contribution in [0.25, 0.3) is 6.08 Å². The lowest BCUT2D eigenvalue weighted by atomic mass is 10.1. The van der Waals surface area contributed by atoms with E-state index in [4.69, 9.17) is 6.42 Å². The Balaban J connectivity index is 0.000000671. The van der Waals surface area contributed by atoms with Gasteiger partial charge in [0.25, 0.3) is 0 Å². The van der Waals surface area contributed by atoms with Crippen LogP contribution < -0.4 is 0 Å². The van der Waals surface area contributed by atoms with E-state index < -0.39 is 0 Å². The van der Waals surface area contributed by atoms with Gasteiger partial charge in [0.1, 0.15) is 0 Å². The van der Waals surface area contributed by atoms with Gasteiger partial charge in [0.05, 0.1) is 0 Å². The summed E-state index contributed by atoms with van der Waals surface area (Å²) in [4.78, 5) is 0. The molecule has 0 spiro atoms. The summed E-state index contributed by atoms with van der Waals surface area (Å²) in [5, 5.41) is 0. The topological polar surface area (TPSA) is 0 Å². The summed E-state index contributed by atoms with van der Waals surface area (Å²) < 4.78 is 0. The molecule has 0 saturated carbocycles. The van der Waals surface area contributed by atoms with Crippen molar-refractivity contribution in [2.24, 2.45) is 0 Å². The molecule has 0 saturated heterocycles. The van der Waals surface area contributed by atoms with E-state index in [0.717, 1.165) is 0 Å². The zero-order valence-corrected chi connectivity index (χ0v) is 8.54. The van der Waals surface area contributed by atoms with Gasteiger partial charge in [-0.05, 0) is 30.2 Å². The maximum absolute atomic E-state index is 5.09. The largest absolute Gasteiger partial charge is 0.115 e. The number of hydrogen-bond donors (Lipinski definition) is 0. The third-order valence-electron chi connectivity index (χ3n) is 1.55. The molecule has 0 aliphatic carbocycles. The third kappa shape index (κ3) is 4.18. The van der Waals surface area contributed by atoms with Gasteiger partial charge in [0, 0.05) is 0 Å². The van der Waals surface area contributed by atoms with Crippen LogP contribution in [0.15, 0.2) is 30.3 Å². The zero-order chi connectivity index (χ0) is 10.1. The normalized spacial score (nSPS) is 8.77. The van der Waals surface area contributed by atoms with Crippen LogP contribution in [0.1, 0.15) is 25.0 Å². The number of aryl methyl sites for hydroxylation is 1. The van der Waals surface area contributed by atoms with Gasteiger partial charge in [0.2, 0.25) is 0 Å². The second kappa shape index (κ2) is 7.18. The van der Waals surface area contributed by atoms with E-state index in [1.54, 1.807) is 6.08 Å². The van der Waals surface area contributed by atoms with E-state index in [9.17, 15) is 0 Å². The molecule has 0 amide bonds. The minimum Gasteiger partial charge on any atom is -0.115 e. The van der Waals surface area contributed by atoms with Gasteiger partial charge in [-0.1, -0.05) is 44.0 Å². The van der Waals surface area contributed by atoms with Gasteiger partial charge < -0.3 is 0 Å². The summed E-state index contributed by atoms with van der Waals surface area (Å²) in [6, 6.07) is 8.13. The number of benzene rings is 1. The van der Waals surface area contributed by atoms with Crippen LogP contribution in [0.2, 0.25) is 0 Å². The Kier molecular flexibility index (Phi) is 6.37. The van der Waals surface area contributed by atoms with Gasteiger partial charge in [-0.3, -0.25) is 0 Å². The van der Waals surface area contributed by atoms with Gasteiger partial charge in [-0.15, -0.1) is 6.42 Å². The van der Waals surface area contributed by atoms with E-state index in [1.165, 1.54) is 11.1 Å². The number of hydrogen-bond acceptors (Lipinski definition) is 0. The first-order chi connectivity index (χ1) is 6.34.